The van der Waals surface area contributed by atoms with Crippen molar-refractivity contribution in [2.75, 3.05) is 26.2 Å². The highest BCUT2D eigenvalue weighted by Crippen LogP contribution is 2.43. The molecule has 30 heavy (non-hydrogen) atoms. The minimum Gasteiger partial charge on any atom is -0.394 e. The first-order chi connectivity index (χ1) is 14.5. The van der Waals surface area contributed by atoms with Crippen LogP contribution in [0.15, 0.2) is 48.5 Å². The Bertz CT molecular complexity index is 910. The molecule has 0 bridgehead atoms. The minimum absolute atomic E-state index is 0.0211. The van der Waals surface area contributed by atoms with Crippen molar-refractivity contribution in [3.05, 3.63) is 59.7 Å². The lowest BCUT2D eigenvalue weighted by Crippen LogP contribution is -2.73. The second-order valence-electron chi connectivity index (χ2n) is 8.24. The lowest BCUT2D eigenvalue weighted by Gasteiger charge is -2.58. The number of carbonyl (C=O) groups excluding carboxylic acids is 2. The van der Waals surface area contributed by atoms with Gasteiger partial charge in [0.1, 0.15) is 6.54 Å². The molecule has 0 aliphatic carbocycles. The summed E-state index contributed by atoms with van der Waals surface area (Å²) in [4.78, 5) is 28.4. The van der Waals surface area contributed by atoms with Crippen molar-refractivity contribution in [2.24, 2.45) is 0 Å². The molecule has 0 unspecified atom stereocenters. The van der Waals surface area contributed by atoms with E-state index >= 15 is 0 Å². The number of hydrogen-bond acceptors (Lipinski definition) is 3. The normalized spacial score (nSPS) is 23.0. The second-order valence-corrected chi connectivity index (χ2v) is 8.24. The summed E-state index contributed by atoms with van der Waals surface area (Å²) in [6.45, 7) is 5.15. The largest absolute Gasteiger partial charge is 0.394 e. The molecule has 0 radical (unpaired) electrons. The molecular formula is C24H29N3O3. The Morgan fingerprint density at radius 3 is 2.33 bits per heavy atom. The van der Waals surface area contributed by atoms with Gasteiger partial charge in [-0.2, -0.15) is 0 Å². The molecule has 6 heteroatoms. The number of benzene rings is 2. The van der Waals surface area contributed by atoms with Gasteiger partial charge in [-0.3, -0.25) is 4.79 Å². The maximum Gasteiger partial charge on any atom is 0.317 e. The van der Waals surface area contributed by atoms with Crippen molar-refractivity contribution in [3.8, 4) is 11.1 Å². The van der Waals surface area contributed by atoms with Crippen molar-refractivity contribution in [2.45, 2.75) is 38.3 Å². The van der Waals surface area contributed by atoms with E-state index in [1.807, 2.05) is 6.92 Å². The maximum absolute atomic E-state index is 12.7. The van der Waals surface area contributed by atoms with Gasteiger partial charge in [-0.05, 0) is 30.0 Å². The van der Waals surface area contributed by atoms with E-state index in [0.717, 1.165) is 23.1 Å². The molecule has 4 rings (SSSR count). The summed E-state index contributed by atoms with van der Waals surface area (Å²) in [7, 11) is 0. The van der Waals surface area contributed by atoms with Crippen LogP contribution in [0.4, 0.5) is 4.79 Å². The average Bonchev–Trinajstić information content (AvgIpc) is 2.74. The highest BCUT2D eigenvalue weighted by atomic mass is 16.3. The van der Waals surface area contributed by atoms with Crippen LogP contribution in [-0.2, 0) is 4.79 Å². The van der Waals surface area contributed by atoms with Gasteiger partial charge in [0.2, 0.25) is 5.91 Å². The molecule has 0 saturated carbocycles. The number of piperazine rings is 1. The predicted octanol–water partition coefficient (Wildman–Crippen LogP) is 2.75. The molecule has 0 aromatic heterocycles. The molecule has 2 aliphatic heterocycles. The standard InChI is InChI=1S/C24H29N3O3/c1-3-12-25-24(30)26-13-20-23(21(15-28)27(20)22(29)14-26)19-10-8-18(9-11-19)17-6-4-16(2)5-7-17/h4-11,20-21,23,28H,3,12-15H2,1-2H3,(H,25,30)/t20-,21+,23+/m1/s1. The van der Waals surface area contributed by atoms with Crippen LogP contribution in [0.1, 0.15) is 30.4 Å². The SMILES string of the molecule is CCCNC(=O)N1CC(=O)N2[C@H](C1)[C@H](c1ccc(-c3ccc(C)cc3)cc1)[C@@H]2CO. The molecule has 2 heterocycles. The molecule has 2 N–H and O–H groups in total. The van der Waals surface area contributed by atoms with E-state index in [0.29, 0.717) is 13.1 Å². The molecule has 2 aliphatic rings. The van der Waals surface area contributed by atoms with Crippen LogP contribution in [0.3, 0.4) is 0 Å². The summed E-state index contributed by atoms with van der Waals surface area (Å²) in [5.41, 5.74) is 4.61. The van der Waals surface area contributed by atoms with Gasteiger partial charge >= 0.3 is 6.03 Å². The van der Waals surface area contributed by atoms with Crippen LogP contribution in [0.25, 0.3) is 11.1 Å². The molecular weight excluding hydrogens is 378 g/mol. The zero-order valence-electron chi connectivity index (χ0n) is 17.5. The van der Waals surface area contributed by atoms with Crippen molar-refractivity contribution in [1.82, 2.24) is 15.1 Å². The molecule has 3 atom stereocenters. The summed E-state index contributed by atoms with van der Waals surface area (Å²) >= 11 is 0. The Morgan fingerprint density at radius 2 is 1.73 bits per heavy atom. The van der Waals surface area contributed by atoms with Crippen molar-refractivity contribution in [1.29, 1.82) is 0 Å². The number of aliphatic hydroxyl groups excluding tert-OH is 1. The van der Waals surface area contributed by atoms with Gasteiger partial charge in [0.15, 0.2) is 0 Å². The maximum atomic E-state index is 12.7. The fraction of sp³-hybridized carbons (Fsp3) is 0.417. The Labute approximate surface area is 177 Å². The van der Waals surface area contributed by atoms with Gasteiger partial charge in [-0.15, -0.1) is 0 Å². The molecule has 2 fully saturated rings. The van der Waals surface area contributed by atoms with E-state index in [9.17, 15) is 14.7 Å². The molecule has 6 nitrogen and oxygen atoms in total. The lowest BCUT2D eigenvalue weighted by atomic mass is 9.73. The van der Waals surface area contributed by atoms with Gasteiger partial charge in [-0.25, -0.2) is 4.79 Å². The van der Waals surface area contributed by atoms with E-state index in [-0.39, 0.29) is 43.1 Å². The summed E-state index contributed by atoms with van der Waals surface area (Å²) in [5.74, 6) is -0.0720. The molecule has 2 aromatic rings. The van der Waals surface area contributed by atoms with Crippen LogP contribution in [0, 0.1) is 6.92 Å². The van der Waals surface area contributed by atoms with Crippen LogP contribution in [0.5, 0.6) is 0 Å². The zero-order valence-corrected chi connectivity index (χ0v) is 17.5. The highest BCUT2D eigenvalue weighted by Gasteiger charge is 2.54. The molecule has 158 valence electrons. The first kappa shape index (κ1) is 20.4. The van der Waals surface area contributed by atoms with E-state index < -0.39 is 0 Å². The van der Waals surface area contributed by atoms with E-state index in [4.69, 9.17) is 0 Å². The molecule has 3 amide bonds. The average molecular weight is 408 g/mol. The van der Waals surface area contributed by atoms with Gasteiger partial charge in [0.05, 0.1) is 18.7 Å². The second kappa shape index (κ2) is 8.48. The summed E-state index contributed by atoms with van der Waals surface area (Å²) in [5, 5.41) is 12.8. The topological polar surface area (TPSA) is 72.9 Å². The molecule has 2 saturated heterocycles. The van der Waals surface area contributed by atoms with Crippen molar-refractivity contribution < 1.29 is 14.7 Å². The number of aliphatic hydroxyl groups is 1. The van der Waals surface area contributed by atoms with E-state index in [2.05, 4.69) is 60.8 Å². The van der Waals surface area contributed by atoms with Crippen LogP contribution >= 0.6 is 0 Å². The number of amides is 3. The molecule has 2 aromatic carbocycles. The van der Waals surface area contributed by atoms with Crippen molar-refractivity contribution >= 4 is 11.9 Å². The Kier molecular flexibility index (Phi) is 5.77. The van der Waals surface area contributed by atoms with E-state index in [1.165, 1.54) is 5.56 Å². The fourth-order valence-corrected chi connectivity index (χ4v) is 4.64. The summed E-state index contributed by atoms with van der Waals surface area (Å²) < 4.78 is 0. The van der Waals surface area contributed by atoms with Crippen LogP contribution < -0.4 is 5.32 Å². The third-order valence-electron chi connectivity index (χ3n) is 6.25. The Morgan fingerprint density at radius 1 is 1.10 bits per heavy atom. The van der Waals surface area contributed by atoms with Gasteiger partial charge < -0.3 is 20.2 Å². The van der Waals surface area contributed by atoms with E-state index in [1.54, 1.807) is 9.80 Å². The summed E-state index contributed by atoms with van der Waals surface area (Å²) in [6.07, 6.45) is 0.853. The summed E-state index contributed by atoms with van der Waals surface area (Å²) in [6, 6.07) is 16.3. The van der Waals surface area contributed by atoms with Gasteiger partial charge in [0, 0.05) is 19.0 Å². The Balaban J connectivity index is 1.53. The predicted molar refractivity (Wildman–Crippen MR) is 116 cm³/mol. The zero-order chi connectivity index (χ0) is 21.3. The smallest absolute Gasteiger partial charge is 0.317 e. The monoisotopic (exact) mass is 407 g/mol. The number of fused-ring (bicyclic) bond motifs is 1. The van der Waals surface area contributed by atoms with Crippen LogP contribution in [-0.4, -0.2) is 65.2 Å². The first-order valence-electron chi connectivity index (χ1n) is 10.6. The third kappa shape index (κ3) is 3.67. The number of rotatable bonds is 5. The number of nitrogens with one attached hydrogen (secondary N) is 1. The number of aryl methyl sites for hydroxylation is 1. The number of hydrogen-bond donors (Lipinski definition) is 2. The molecule has 0 spiro atoms. The Hall–Kier alpha value is -2.86. The third-order valence-corrected chi connectivity index (χ3v) is 6.25. The number of nitrogens with zero attached hydrogens (tertiary/aromatic N) is 2. The quantitative estimate of drug-likeness (QED) is 0.801. The fourth-order valence-electron chi connectivity index (χ4n) is 4.64. The minimum atomic E-state index is -0.228. The van der Waals surface area contributed by atoms with Gasteiger partial charge in [-0.1, -0.05) is 61.0 Å². The van der Waals surface area contributed by atoms with Gasteiger partial charge in [0.25, 0.3) is 0 Å². The van der Waals surface area contributed by atoms with Crippen LogP contribution in [0.2, 0.25) is 0 Å². The first-order valence-corrected chi connectivity index (χ1v) is 10.6. The highest BCUT2D eigenvalue weighted by molar-refractivity contribution is 5.87. The lowest BCUT2D eigenvalue weighted by molar-refractivity contribution is -0.159. The number of urea groups is 1. The van der Waals surface area contributed by atoms with Crippen molar-refractivity contribution in [3.63, 3.8) is 0 Å². The number of carbonyl (C=O) groups is 2.